The van der Waals surface area contributed by atoms with Gasteiger partial charge in [-0.3, -0.25) is 14.8 Å². The molecule has 0 fully saturated rings. The molecule has 7 nitrogen and oxygen atoms in total. The monoisotopic (exact) mass is 297 g/mol. The first-order valence-electron chi connectivity index (χ1n) is 5.89. The minimum absolute atomic E-state index is 0.102. The summed E-state index contributed by atoms with van der Waals surface area (Å²) in [5.74, 6) is 0. The summed E-state index contributed by atoms with van der Waals surface area (Å²) in [5, 5.41) is 18.6. The van der Waals surface area contributed by atoms with Gasteiger partial charge in [0.15, 0.2) is 5.25 Å². The van der Waals surface area contributed by atoms with Crippen LogP contribution in [0.4, 0.5) is 11.4 Å². The van der Waals surface area contributed by atoms with Crippen molar-refractivity contribution in [2.24, 2.45) is 0 Å². The Morgan fingerprint density at radius 2 is 1.95 bits per heavy atom. The third-order valence-electron chi connectivity index (χ3n) is 2.95. The number of nitriles is 1. The fourth-order valence-electron chi connectivity index (χ4n) is 1.64. The Morgan fingerprint density at radius 1 is 1.40 bits per heavy atom. The van der Waals surface area contributed by atoms with Crippen molar-refractivity contribution in [1.82, 2.24) is 0 Å². The smallest absolute Gasteiger partial charge is 0.276 e. The van der Waals surface area contributed by atoms with Gasteiger partial charge in [0.25, 0.3) is 5.69 Å². The normalized spacial score (nSPS) is 12.5. The van der Waals surface area contributed by atoms with Crippen LogP contribution in [0.15, 0.2) is 12.1 Å². The Morgan fingerprint density at radius 3 is 2.40 bits per heavy atom. The largest absolute Gasteiger partial charge is 0.293 e. The molecular formula is C12H15N3O4S. The van der Waals surface area contributed by atoms with Gasteiger partial charge in [0, 0.05) is 6.07 Å². The van der Waals surface area contributed by atoms with Crippen LogP contribution in [0, 0.1) is 35.3 Å². The first-order chi connectivity index (χ1) is 9.22. The number of nitro benzene ring substituents is 1. The van der Waals surface area contributed by atoms with E-state index in [1.54, 1.807) is 26.8 Å². The summed E-state index contributed by atoms with van der Waals surface area (Å²) in [6, 6.07) is 4.37. The topological polar surface area (TPSA) is 113 Å². The van der Waals surface area contributed by atoms with E-state index in [9.17, 15) is 18.5 Å². The number of nitro groups is 1. The van der Waals surface area contributed by atoms with Crippen molar-refractivity contribution in [2.75, 3.05) is 4.72 Å². The lowest BCUT2D eigenvalue weighted by Gasteiger charge is -2.12. The molecule has 0 aliphatic heterocycles. The van der Waals surface area contributed by atoms with E-state index in [-0.39, 0.29) is 17.8 Å². The molecule has 108 valence electrons. The number of anilines is 1. The molecule has 8 heteroatoms. The predicted molar refractivity (Wildman–Crippen MR) is 74.8 cm³/mol. The maximum atomic E-state index is 12.0. The number of hydrogen-bond donors (Lipinski definition) is 1. The van der Waals surface area contributed by atoms with E-state index in [0.29, 0.717) is 5.56 Å². The average molecular weight is 297 g/mol. The van der Waals surface area contributed by atoms with Gasteiger partial charge in [-0.2, -0.15) is 5.26 Å². The number of nitrogens with zero attached hydrogens (tertiary/aromatic N) is 2. The summed E-state index contributed by atoms with van der Waals surface area (Å²) in [5.41, 5.74) is 0.960. The number of hydrogen-bond acceptors (Lipinski definition) is 5. The van der Waals surface area contributed by atoms with E-state index in [2.05, 4.69) is 4.72 Å². The van der Waals surface area contributed by atoms with Crippen molar-refractivity contribution in [3.8, 4) is 6.07 Å². The molecule has 0 aliphatic carbocycles. The first kappa shape index (κ1) is 15.9. The second-order valence-electron chi connectivity index (χ2n) is 4.38. The lowest BCUT2D eigenvalue weighted by molar-refractivity contribution is -0.383. The van der Waals surface area contributed by atoms with Crippen LogP contribution in [0.2, 0.25) is 0 Å². The fourth-order valence-corrected chi connectivity index (χ4v) is 2.83. The minimum atomic E-state index is -3.98. The summed E-state index contributed by atoms with van der Waals surface area (Å²) in [7, 11) is -3.98. The van der Waals surface area contributed by atoms with Crippen LogP contribution in [-0.2, 0) is 10.0 Å². The molecule has 0 saturated carbocycles. The van der Waals surface area contributed by atoms with Crippen molar-refractivity contribution in [3.63, 3.8) is 0 Å². The van der Waals surface area contributed by atoms with Crippen LogP contribution in [0.5, 0.6) is 0 Å². The van der Waals surface area contributed by atoms with Crippen LogP contribution in [0.3, 0.4) is 0 Å². The Hall–Kier alpha value is -2.14. The molecule has 0 heterocycles. The molecular weight excluding hydrogens is 282 g/mol. The van der Waals surface area contributed by atoms with Crippen molar-refractivity contribution < 1.29 is 13.3 Å². The van der Waals surface area contributed by atoms with Gasteiger partial charge < -0.3 is 0 Å². The van der Waals surface area contributed by atoms with Crippen molar-refractivity contribution in [1.29, 1.82) is 5.26 Å². The molecule has 1 atom stereocenters. The molecule has 0 saturated heterocycles. The zero-order valence-electron chi connectivity index (χ0n) is 11.4. The standard InChI is InChI=1S/C12H15N3O4S/c1-4-10(7-13)20(18,19)14-11-5-8(2)9(3)6-12(11)15(16)17/h5-6,10,14H,4H2,1-3H3. The summed E-state index contributed by atoms with van der Waals surface area (Å²) >= 11 is 0. The second-order valence-corrected chi connectivity index (χ2v) is 6.25. The van der Waals surface area contributed by atoms with Gasteiger partial charge in [0.1, 0.15) is 5.69 Å². The van der Waals surface area contributed by atoms with E-state index in [4.69, 9.17) is 5.26 Å². The highest BCUT2D eigenvalue weighted by Gasteiger charge is 2.27. The molecule has 20 heavy (non-hydrogen) atoms. The molecule has 0 spiro atoms. The van der Waals surface area contributed by atoms with Crippen LogP contribution in [0.1, 0.15) is 24.5 Å². The number of benzene rings is 1. The number of aryl methyl sites for hydroxylation is 2. The highest BCUT2D eigenvalue weighted by Crippen LogP contribution is 2.29. The molecule has 0 bridgehead atoms. The molecule has 1 unspecified atom stereocenters. The summed E-state index contributed by atoms with van der Waals surface area (Å²) in [6.07, 6.45) is 0.102. The maximum absolute atomic E-state index is 12.0. The van der Waals surface area contributed by atoms with E-state index in [0.717, 1.165) is 5.56 Å². The van der Waals surface area contributed by atoms with Crippen molar-refractivity contribution >= 4 is 21.4 Å². The van der Waals surface area contributed by atoms with Gasteiger partial charge in [0.2, 0.25) is 10.0 Å². The molecule has 0 amide bonds. The molecule has 0 aromatic heterocycles. The third kappa shape index (κ3) is 3.24. The Kier molecular flexibility index (Phi) is 4.68. The Bertz CT molecular complexity index is 677. The Labute approximate surface area is 117 Å². The third-order valence-corrected chi connectivity index (χ3v) is 4.64. The van der Waals surface area contributed by atoms with Crippen LogP contribution >= 0.6 is 0 Å². The molecule has 1 aromatic rings. The van der Waals surface area contributed by atoms with E-state index in [1.165, 1.54) is 12.1 Å². The molecule has 1 N–H and O–H groups in total. The summed E-state index contributed by atoms with van der Waals surface area (Å²) in [6.45, 7) is 4.98. The molecule has 0 aliphatic rings. The SMILES string of the molecule is CCC(C#N)S(=O)(=O)Nc1cc(C)c(C)cc1[N+](=O)[O-]. The molecule has 0 radical (unpaired) electrons. The molecule has 1 aromatic carbocycles. The zero-order valence-corrected chi connectivity index (χ0v) is 12.2. The Balaban J connectivity index is 3.32. The predicted octanol–water partition coefficient (Wildman–Crippen LogP) is 2.26. The number of rotatable bonds is 5. The van der Waals surface area contributed by atoms with Crippen LogP contribution in [-0.4, -0.2) is 18.6 Å². The molecule has 1 rings (SSSR count). The average Bonchev–Trinajstić information content (AvgIpc) is 2.33. The fraction of sp³-hybridized carbons (Fsp3) is 0.417. The lowest BCUT2D eigenvalue weighted by Crippen LogP contribution is -2.26. The number of sulfonamides is 1. The summed E-state index contributed by atoms with van der Waals surface area (Å²) in [4.78, 5) is 10.3. The van der Waals surface area contributed by atoms with Gasteiger partial charge in [-0.1, -0.05) is 6.92 Å². The summed E-state index contributed by atoms with van der Waals surface area (Å²) < 4.78 is 26.1. The zero-order chi connectivity index (χ0) is 15.5. The lowest BCUT2D eigenvalue weighted by atomic mass is 10.1. The van der Waals surface area contributed by atoms with Crippen molar-refractivity contribution in [2.45, 2.75) is 32.4 Å². The van der Waals surface area contributed by atoms with Gasteiger partial charge in [-0.25, -0.2) is 8.42 Å². The van der Waals surface area contributed by atoms with Gasteiger partial charge in [0.05, 0.1) is 11.0 Å². The first-order valence-corrected chi connectivity index (χ1v) is 7.44. The van der Waals surface area contributed by atoms with E-state index < -0.39 is 20.2 Å². The number of nitrogens with one attached hydrogen (secondary N) is 1. The van der Waals surface area contributed by atoms with Gasteiger partial charge >= 0.3 is 0 Å². The quantitative estimate of drug-likeness (QED) is 0.661. The highest BCUT2D eigenvalue weighted by atomic mass is 32.2. The van der Waals surface area contributed by atoms with Crippen LogP contribution < -0.4 is 4.72 Å². The maximum Gasteiger partial charge on any atom is 0.293 e. The van der Waals surface area contributed by atoms with Gasteiger partial charge in [-0.05, 0) is 37.5 Å². The minimum Gasteiger partial charge on any atom is -0.276 e. The van der Waals surface area contributed by atoms with Crippen molar-refractivity contribution in [3.05, 3.63) is 33.4 Å². The van der Waals surface area contributed by atoms with E-state index in [1.807, 2.05) is 0 Å². The van der Waals surface area contributed by atoms with Crippen LogP contribution in [0.25, 0.3) is 0 Å². The highest BCUT2D eigenvalue weighted by molar-refractivity contribution is 7.93. The van der Waals surface area contributed by atoms with E-state index >= 15 is 0 Å². The van der Waals surface area contributed by atoms with Gasteiger partial charge in [-0.15, -0.1) is 0 Å². The second kappa shape index (κ2) is 5.88.